The molecule has 12 heteroatoms. The molecule has 0 unspecified atom stereocenters. The third-order valence-corrected chi connectivity index (χ3v) is 15.3. The zero-order valence-corrected chi connectivity index (χ0v) is 36.5. The van der Waals surface area contributed by atoms with E-state index in [4.69, 9.17) is 0 Å². The Morgan fingerprint density at radius 3 is 1.16 bits per heavy atom. The summed E-state index contributed by atoms with van der Waals surface area (Å²) in [6, 6.07) is 44.3. The lowest BCUT2D eigenvalue weighted by molar-refractivity contribution is -0.142. The SMILES string of the molecule is Fc1cccc(-c2c(-n3c4ccccc4c4c5c(ccc43)sc3ccccc35)c(-c3cccc(F)c3)c(C(F)(F)F)c(-n3c4ccccc4c4c5c(ccc43)sc3ccccc35)c2C(F)(F)F)c1. The van der Waals surface area contributed by atoms with Gasteiger partial charge in [0.05, 0.1) is 44.6 Å². The number of aromatic nitrogens is 2. The van der Waals surface area contributed by atoms with Gasteiger partial charge < -0.3 is 9.13 Å². The first-order valence-corrected chi connectivity index (χ1v) is 23.1. The smallest absolute Gasteiger partial charge is 0.308 e. The van der Waals surface area contributed by atoms with Crippen LogP contribution in [0.1, 0.15) is 11.1 Å². The molecule has 0 bridgehead atoms. The highest BCUT2D eigenvalue weighted by Crippen LogP contribution is 2.57. The molecule has 0 N–H and O–H groups in total. The van der Waals surface area contributed by atoms with Crippen molar-refractivity contribution in [2.24, 2.45) is 0 Å². The molecule has 0 aliphatic rings. The van der Waals surface area contributed by atoms with Crippen molar-refractivity contribution in [3.8, 4) is 33.6 Å². The monoisotopic (exact) mass is 944 g/mol. The molecule has 2 nitrogen and oxygen atoms in total. The molecule has 0 fully saturated rings. The van der Waals surface area contributed by atoms with Crippen LogP contribution < -0.4 is 0 Å². The number of hydrogen-bond donors (Lipinski definition) is 0. The maximum Gasteiger partial charge on any atom is 0.419 e. The predicted molar refractivity (Wildman–Crippen MR) is 262 cm³/mol. The Balaban J connectivity index is 1.34. The molecule has 0 amide bonds. The average molecular weight is 945 g/mol. The number of para-hydroxylation sites is 2. The Hall–Kier alpha value is -7.54. The van der Waals surface area contributed by atoms with E-state index >= 15 is 35.1 Å². The van der Waals surface area contributed by atoms with E-state index < -0.39 is 57.6 Å². The van der Waals surface area contributed by atoms with Crippen LogP contribution in [0.2, 0.25) is 0 Å². The van der Waals surface area contributed by atoms with E-state index in [1.807, 2.05) is 54.6 Å². The van der Waals surface area contributed by atoms with Gasteiger partial charge in [0.2, 0.25) is 0 Å². The molecule has 0 aliphatic heterocycles. The minimum Gasteiger partial charge on any atom is -0.308 e. The quantitative estimate of drug-likeness (QED) is 0.156. The summed E-state index contributed by atoms with van der Waals surface area (Å²) in [5.41, 5.74) is -6.39. The summed E-state index contributed by atoms with van der Waals surface area (Å²) < 4.78 is 140. The normalized spacial score (nSPS) is 12.7. The van der Waals surface area contributed by atoms with Crippen molar-refractivity contribution < 1.29 is 35.1 Å². The van der Waals surface area contributed by atoms with Crippen LogP contribution >= 0.6 is 22.7 Å². The number of nitrogens with zero attached hydrogens (tertiary/aromatic N) is 2. The van der Waals surface area contributed by atoms with Crippen LogP contribution in [0.3, 0.4) is 0 Å². The fourth-order valence-corrected chi connectivity index (χ4v) is 12.8. The van der Waals surface area contributed by atoms with Gasteiger partial charge in [0.15, 0.2) is 0 Å². The van der Waals surface area contributed by atoms with Gasteiger partial charge in [-0.3, -0.25) is 0 Å². The summed E-state index contributed by atoms with van der Waals surface area (Å²) in [6.45, 7) is 0. The van der Waals surface area contributed by atoms with E-state index in [2.05, 4.69) is 0 Å². The second-order valence-corrected chi connectivity index (χ2v) is 18.9. The fourth-order valence-electron chi connectivity index (χ4n) is 10.6. The summed E-state index contributed by atoms with van der Waals surface area (Å²) in [6.07, 6.45) is -11.1. The number of benzene rings is 9. The minimum absolute atomic E-state index is 0.0769. The highest BCUT2D eigenvalue weighted by Gasteiger charge is 2.49. The van der Waals surface area contributed by atoms with Gasteiger partial charge in [-0.15, -0.1) is 22.7 Å². The van der Waals surface area contributed by atoms with Crippen molar-refractivity contribution >= 4 is 107 Å². The molecule has 4 aromatic heterocycles. The highest BCUT2D eigenvalue weighted by molar-refractivity contribution is 7.26. The lowest BCUT2D eigenvalue weighted by Gasteiger charge is -2.31. The van der Waals surface area contributed by atoms with Gasteiger partial charge in [-0.1, -0.05) is 97.1 Å². The third-order valence-electron chi connectivity index (χ3n) is 13.0. The minimum atomic E-state index is -5.53. The first-order valence-electron chi connectivity index (χ1n) is 21.4. The number of fused-ring (bicyclic) bond motifs is 14. The van der Waals surface area contributed by atoms with Crippen LogP contribution in [0.5, 0.6) is 0 Å². The van der Waals surface area contributed by atoms with E-state index in [1.165, 1.54) is 57.6 Å². The molecule has 13 aromatic rings. The zero-order chi connectivity index (χ0) is 46.4. The van der Waals surface area contributed by atoms with E-state index in [9.17, 15) is 0 Å². The topological polar surface area (TPSA) is 9.86 Å². The van der Waals surface area contributed by atoms with Crippen molar-refractivity contribution in [2.45, 2.75) is 12.4 Å². The summed E-state index contributed by atoms with van der Waals surface area (Å²) in [7, 11) is 0. The zero-order valence-electron chi connectivity index (χ0n) is 34.9. The van der Waals surface area contributed by atoms with Crippen molar-refractivity contribution in [3.63, 3.8) is 0 Å². The van der Waals surface area contributed by atoms with Gasteiger partial charge in [-0.05, 0) is 83.9 Å². The number of alkyl halides is 6. The van der Waals surface area contributed by atoms with Gasteiger partial charge in [0, 0.05) is 73.0 Å². The second-order valence-electron chi connectivity index (χ2n) is 16.8. The largest absolute Gasteiger partial charge is 0.419 e. The molecule has 0 saturated carbocycles. The predicted octanol–water partition coefficient (Wildman–Crippen LogP) is 18.3. The maximum absolute atomic E-state index is 17.1. The molecule has 4 heterocycles. The Labute approximate surface area is 387 Å². The van der Waals surface area contributed by atoms with Crippen LogP contribution in [0.4, 0.5) is 35.1 Å². The molecule has 0 spiro atoms. The highest BCUT2D eigenvalue weighted by atomic mass is 32.1. The summed E-state index contributed by atoms with van der Waals surface area (Å²) in [5, 5.41) is 5.18. The van der Waals surface area contributed by atoms with E-state index in [0.29, 0.717) is 32.4 Å². The molecule has 0 atom stereocenters. The Bertz CT molecular complexity index is 4200. The van der Waals surface area contributed by atoms with Crippen LogP contribution in [-0.2, 0) is 12.4 Å². The molecular formula is C56H28F8N2S2. The Morgan fingerprint density at radius 2 is 0.735 bits per heavy atom. The standard InChI is InChI=1S/C56H28F8N2S2/c57-31-13-9-11-29(27-31)45-51(55(59,60)61)54(66-38-20-6-2-16-34(38)48-40(66)24-26-44-50(48)36-18-4-8-22-42(36)68-44)52(56(62,63)64)46(30-12-10-14-32(58)28-30)53(45)65-37-19-5-1-15-33(37)47-39(65)23-25-43-49(47)35-17-3-7-21-41(35)67-43/h1-28H. The molecule has 330 valence electrons. The lowest BCUT2D eigenvalue weighted by Crippen LogP contribution is -2.23. The molecule has 13 rings (SSSR count). The van der Waals surface area contributed by atoms with Crippen molar-refractivity contribution in [1.82, 2.24) is 9.13 Å². The number of halogens is 8. The Kier molecular flexibility index (Phi) is 8.67. The van der Waals surface area contributed by atoms with Crippen LogP contribution in [0.25, 0.3) is 118 Å². The van der Waals surface area contributed by atoms with E-state index in [-0.39, 0.29) is 27.7 Å². The average Bonchev–Trinajstić information content (AvgIpc) is 4.07. The van der Waals surface area contributed by atoms with Crippen LogP contribution in [0, 0.1) is 11.6 Å². The van der Waals surface area contributed by atoms with E-state index in [0.717, 1.165) is 63.8 Å². The molecule has 0 radical (unpaired) electrons. The Morgan fingerprint density at radius 1 is 0.338 bits per heavy atom. The number of rotatable bonds is 4. The maximum atomic E-state index is 17.1. The molecule has 0 aliphatic carbocycles. The molecule has 68 heavy (non-hydrogen) atoms. The molecule has 9 aromatic carbocycles. The van der Waals surface area contributed by atoms with Crippen LogP contribution in [0.15, 0.2) is 170 Å². The first-order chi connectivity index (χ1) is 32.9. The third kappa shape index (κ3) is 5.80. The van der Waals surface area contributed by atoms with Gasteiger partial charge >= 0.3 is 12.4 Å². The fraction of sp³-hybridized carbons (Fsp3) is 0.0357. The number of hydrogen-bond acceptors (Lipinski definition) is 2. The van der Waals surface area contributed by atoms with Gasteiger partial charge in [0.1, 0.15) is 11.6 Å². The molecular weight excluding hydrogens is 917 g/mol. The first kappa shape index (κ1) is 40.7. The van der Waals surface area contributed by atoms with E-state index in [1.54, 1.807) is 60.7 Å². The van der Waals surface area contributed by atoms with Crippen molar-refractivity contribution in [1.29, 1.82) is 0 Å². The van der Waals surface area contributed by atoms with Gasteiger partial charge in [-0.25, -0.2) is 8.78 Å². The number of thiophene rings is 2. The van der Waals surface area contributed by atoms with Gasteiger partial charge in [-0.2, -0.15) is 26.3 Å². The van der Waals surface area contributed by atoms with Crippen molar-refractivity contribution in [3.05, 3.63) is 193 Å². The van der Waals surface area contributed by atoms with Gasteiger partial charge in [0.25, 0.3) is 0 Å². The lowest BCUT2D eigenvalue weighted by atomic mass is 9.85. The second kappa shape index (κ2) is 14.5. The summed E-state index contributed by atoms with van der Waals surface area (Å²) in [5.74, 6) is -1.82. The van der Waals surface area contributed by atoms with Crippen LogP contribution in [-0.4, -0.2) is 9.13 Å². The molecule has 0 saturated heterocycles. The summed E-state index contributed by atoms with van der Waals surface area (Å²) >= 11 is 2.98. The summed E-state index contributed by atoms with van der Waals surface area (Å²) in [4.78, 5) is 0. The van der Waals surface area contributed by atoms with Crippen molar-refractivity contribution in [2.75, 3.05) is 0 Å².